The number of nitrogens with one attached hydrogen (secondary N) is 1. The maximum atomic E-state index is 12.3. The molecule has 6 heteroatoms. The molecule has 100 valence electrons. The number of rotatable bonds is 3. The SMILES string of the molecule is CC1(NS(=O)(=O)c2ccnc(N)c2)CCCCC1. The standard InChI is InChI=1S/C12H19N3O2S/c1-12(6-3-2-4-7-12)15-18(16,17)10-5-8-14-11(13)9-10/h5,8-9,15H,2-4,6-7H2,1H3,(H2,13,14). The summed E-state index contributed by atoms with van der Waals surface area (Å²) < 4.78 is 27.3. The van der Waals surface area contributed by atoms with Crippen LogP contribution in [0.25, 0.3) is 0 Å². The van der Waals surface area contributed by atoms with E-state index in [4.69, 9.17) is 5.73 Å². The monoisotopic (exact) mass is 269 g/mol. The maximum absolute atomic E-state index is 12.3. The van der Waals surface area contributed by atoms with Crippen molar-refractivity contribution in [2.45, 2.75) is 49.5 Å². The van der Waals surface area contributed by atoms with Gasteiger partial charge < -0.3 is 5.73 Å². The van der Waals surface area contributed by atoms with Crippen molar-refractivity contribution >= 4 is 15.8 Å². The van der Waals surface area contributed by atoms with E-state index < -0.39 is 10.0 Å². The zero-order valence-corrected chi connectivity index (χ0v) is 11.3. The molecular weight excluding hydrogens is 250 g/mol. The Morgan fingerprint density at radius 1 is 1.33 bits per heavy atom. The van der Waals surface area contributed by atoms with Crippen molar-refractivity contribution in [2.24, 2.45) is 0 Å². The first-order valence-electron chi connectivity index (χ1n) is 6.17. The van der Waals surface area contributed by atoms with Crippen LogP contribution in [0, 0.1) is 0 Å². The number of hydrogen-bond donors (Lipinski definition) is 2. The van der Waals surface area contributed by atoms with E-state index in [0.717, 1.165) is 25.7 Å². The van der Waals surface area contributed by atoms with Crippen LogP contribution in [0.2, 0.25) is 0 Å². The summed E-state index contributed by atoms with van der Waals surface area (Å²) in [6.07, 6.45) is 6.49. The Kier molecular flexibility index (Phi) is 3.59. The van der Waals surface area contributed by atoms with Gasteiger partial charge in [-0.2, -0.15) is 0 Å². The second-order valence-corrected chi connectivity index (χ2v) is 6.83. The average Bonchev–Trinajstić information content (AvgIpc) is 2.28. The fourth-order valence-corrected chi connectivity index (χ4v) is 3.90. The van der Waals surface area contributed by atoms with Crippen molar-refractivity contribution in [3.63, 3.8) is 0 Å². The third-order valence-corrected chi connectivity index (χ3v) is 5.04. The van der Waals surface area contributed by atoms with Crippen LogP contribution in [0.5, 0.6) is 0 Å². The van der Waals surface area contributed by atoms with Gasteiger partial charge in [-0.1, -0.05) is 19.3 Å². The summed E-state index contributed by atoms with van der Waals surface area (Å²) >= 11 is 0. The van der Waals surface area contributed by atoms with Gasteiger partial charge >= 0.3 is 0 Å². The fourth-order valence-electron chi connectivity index (χ4n) is 2.41. The van der Waals surface area contributed by atoms with Crippen molar-refractivity contribution in [1.29, 1.82) is 0 Å². The summed E-state index contributed by atoms with van der Waals surface area (Å²) in [6.45, 7) is 1.97. The van der Waals surface area contributed by atoms with E-state index in [0.29, 0.717) is 0 Å². The summed E-state index contributed by atoms with van der Waals surface area (Å²) in [4.78, 5) is 3.99. The molecule has 0 amide bonds. The largest absolute Gasteiger partial charge is 0.384 e. The molecule has 1 aliphatic carbocycles. The van der Waals surface area contributed by atoms with Gasteiger partial charge in [0.25, 0.3) is 0 Å². The molecule has 0 aromatic carbocycles. The number of nitrogens with two attached hydrogens (primary N) is 1. The van der Waals surface area contributed by atoms with Crippen LogP contribution in [0.4, 0.5) is 5.82 Å². The van der Waals surface area contributed by atoms with Crippen molar-refractivity contribution in [1.82, 2.24) is 9.71 Å². The molecule has 1 aliphatic rings. The van der Waals surface area contributed by atoms with Crippen LogP contribution in [-0.2, 0) is 10.0 Å². The lowest BCUT2D eigenvalue weighted by Gasteiger charge is -2.34. The van der Waals surface area contributed by atoms with Crippen LogP contribution >= 0.6 is 0 Å². The lowest BCUT2D eigenvalue weighted by atomic mass is 9.84. The molecule has 0 radical (unpaired) electrons. The summed E-state index contributed by atoms with van der Waals surface area (Å²) in [6, 6.07) is 2.85. The number of nitrogens with zero attached hydrogens (tertiary/aromatic N) is 1. The summed E-state index contributed by atoms with van der Waals surface area (Å²) in [5.41, 5.74) is 5.18. The molecule has 5 nitrogen and oxygen atoms in total. The molecule has 1 aromatic heterocycles. The Morgan fingerprint density at radius 3 is 2.61 bits per heavy atom. The highest BCUT2D eigenvalue weighted by atomic mass is 32.2. The Morgan fingerprint density at radius 2 is 2.00 bits per heavy atom. The van der Waals surface area contributed by atoms with Crippen LogP contribution in [0.15, 0.2) is 23.2 Å². The lowest BCUT2D eigenvalue weighted by molar-refractivity contribution is 0.294. The predicted molar refractivity (Wildman–Crippen MR) is 70.5 cm³/mol. The number of pyridine rings is 1. The second-order valence-electron chi connectivity index (χ2n) is 5.14. The molecule has 0 aliphatic heterocycles. The number of hydrogen-bond acceptors (Lipinski definition) is 4. The van der Waals surface area contributed by atoms with Gasteiger partial charge in [0.2, 0.25) is 10.0 Å². The smallest absolute Gasteiger partial charge is 0.241 e. The number of sulfonamides is 1. The molecule has 1 heterocycles. The van der Waals surface area contributed by atoms with E-state index in [-0.39, 0.29) is 16.3 Å². The normalized spacial score (nSPS) is 19.6. The Bertz CT molecular complexity index is 522. The van der Waals surface area contributed by atoms with E-state index in [9.17, 15) is 8.42 Å². The van der Waals surface area contributed by atoms with Crippen LogP contribution in [-0.4, -0.2) is 18.9 Å². The van der Waals surface area contributed by atoms with Crippen LogP contribution in [0.3, 0.4) is 0 Å². The highest BCUT2D eigenvalue weighted by Crippen LogP contribution is 2.29. The van der Waals surface area contributed by atoms with E-state index in [1.807, 2.05) is 6.92 Å². The fraction of sp³-hybridized carbons (Fsp3) is 0.583. The molecule has 1 saturated carbocycles. The van der Waals surface area contributed by atoms with Crippen LogP contribution in [0.1, 0.15) is 39.0 Å². The average molecular weight is 269 g/mol. The van der Waals surface area contributed by atoms with Gasteiger partial charge in [-0.15, -0.1) is 0 Å². The summed E-state index contributed by atoms with van der Waals surface area (Å²) in [5.74, 6) is 0.215. The topological polar surface area (TPSA) is 85.1 Å². The van der Waals surface area contributed by atoms with E-state index in [2.05, 4.69) is 9.71 Å². The van der Waals surface area contributed by atoms with Crippen molar-refractivity contribution in [3.05, 3.63) is 18.3 Å². The first kappa shape index (κ1) is 13.3. The Labute approximate surface area is 108 Å². The van der Waals surface area contributed by atoms with Crippen molar-refractivity contribution < 1.29 is 8.42 Å². The molecule has 0 unspecified atom stereocenters. The molecule has 0 spiro atoms. The first-order chi connectivity index (χ1) is 8.41. The molecule has 1 aromatic rings. The van der Waals surface area contributed by atoms with Gasteiger partial charge in [0.15, 0.2) is 0 Å². The Hall–Kier alpha value is -1.14. The molecule has 1 fully saturated rings. The van der Waals surface area contributed by atoms with E-state index in [1.165, 1.54) is 24.8 Å². The second kappa shape index (κ2) is 4.85. The minimum absolute atomic E-state index is 0.182. The lowest BCUT2D eigenvalue weighted by Crippen LogP contribution is -2.47. The summed E-state index contributed by atoms with van der Waals surface area (Å²) in [7, 11) is -3.51. The minimum atomic E-state index is -3.51. The number of anilines is 1. The van der Waals surface area contributed by atoms with Gasteiger partial charge in [0, 0.05) is 17.8 Å². The molecule has 18 heavy (non-hydrogen) atoms. The highest BCUT2D eigenvalue weighted by molar-refractivity contribution is 7.89. The number of nitrogen functional groups attached to an aromatic ring is 1. The minimum Gasteiger partial charge on any atom is -0.384 e. The quantitative estimate of drug-likeness (QED) is 0.874. The summed E-state index contributed by atoms with van der Waals surface area (Å²) in [5, 5.41) is 0. The molecule has 0 saturated heterocycles. The Balaban J connectivity index is 2.21. The zero-order valence-electron chi connectivity index (χ0n) is 10.5. The third-order valence-electron chi connectivity index (χ3n) is 3.40. The first-order valence-corrected chi connectivity index (χ1v) is 7.65. The molecule has 2 rings (SSSR count). The number of aromatic nitrogens is 1. The van der Waals surface area contributed by atoms with Gasteiger partial charge in [0.05, 0.1) is 4.90 Å². The van der Waals surface area contributed by atoms with E-state index >= 15 is 0 Å². The maximum Gasteiger partial charge on any atom is 0.241 e. The molecule has 0 atom stereocenters. The van der Waals surface area contributed by atoms with Gasteiger partial charge in [-0.05, 0) is 25.8 Å². The van der Waals surface area contributed by atoms with Gasteiger partial charge in [-0.25, -0.2) is 18.1 Å². The van der Waals surface area contributed by atoms with Crippen molar-refractivity contribution in [3.8, 4) is 0 Å². The molecular formula is C12H19N3O2S. The van der Waals surface area contributed by atoms with Gasteiger partial charge in [0.1, 0.15) is 5.82 Å². The predicted octanol–water partition coefficient (Wildman–Crippen LogP) is 1.66. The molecule has 3 N–H and O–H groups in total. The van der Waals surface area contributed by atoms with Crippen LogP contribution < -0.4 is 10.5 Å². The molecule has 0 bridgehead atoms. The zero-order chi connectivity index (χ0) is 13.2. The van der Waals surface area contributed by atoms with Crippen molar-refractivity contribution in [2.75, 3.05) is 5.73 Å². The highest BCUT2D eigenvalue weighted by Gasteiger charge is 2.32. The van der Waals surface area contributed by atoms with E-state index in [1.54, 1.807) is 0 Å². The van der Waals surface area contributed by atoms with Gasteiger partial charge in [-0.3, -0.25) is 0 Å². The third kappa shape index (κ3) is 3.00.